The van der Waals surface area contributed by atoms with Gasteiger partial charge in [0.2, 0.25) is 17.7 Å². The Morgan fingerprint density at radius 2 is 1.78 bits per heavy atom. The molecule has 0 unspecified atom stereocenters. The van der Waals surface area contributed by atoms with Crippen molar-refractivity contribution in [2.24, 2.45) is 0 Å². The van der Waals surface area contributed by atoms with Gasteiger partial charge in [0.1, 0.15) is 5.54 Å². The molecule has 2 amide bonds. The molecule has 0 aliphatic heterocycles. The predicted octanol–water partition coefficient (Wildman–Crippen LogP) is 3.85. The van der Waals surface area contributed by atoms with Gasteiger partial charge in [0, 0.05) is 32.0 Å². The van der Waals surface area contributed by atoms with E-state index in [9.17, 15) is 9.59 Å². The second-order valence-electron chi connectivity index (χ2n) is 9.79. The smallest absolute Gasteiger partial charge is 0.227 e. The van der Waals surface area contributed by atoms with Crippen LogP contribution in [0.3, 0.4) is 0 Å². The third-order valence-corrected chi connectivity index (χ3v) is 6.76. The third kappa shape index (κ3) is 6.38. The van der Waals surface area contributed by atoms with Gasteiger partial charge in [-0.3, -0.25) is 9.59 Å². The van der Waals surface area contributed by atoms with Gasteiger partial charge in [-0.25, -0.2) is 4.68 Å². The van der Waals surface area contributed by atoms with E-state index in [1.54, 1.807) is 0 Å². The van der Waals surface area contributed by atoms with Crippen LogP contribution in [-0.4, -0.2) is 38.3 Å². The molecule has 1 fully saturated rings. The molecule has 0 atom stereocenters. The fourth-order valence-corrected chi connectivity index (χ4v) is 4.97. The van der Waals surface area contributed by atoms with E-state index >= 15 is 0 Å². The van der Waals surface area contributed by atoms with Crippen molar-refractivity contribution < 1.29 is 14.1 Å². The number of carbonyl (C=O) groups excluding carboxylic acids is 2. The minimum atomic E-state index is -0.573. The van der Waals surface area contributed by atoms with Crippen LogP contribution in [0.25, 0.3) is 5.69 Å². The lowest BCUT2D eigenvalue weighted by Crippen LogP contribution is -2.45. The summed E-state index contributed by atoms with van der Waals surface area (Å²) in [5.41, 5.74) is 3.69. The fraction of sp³-hybridized carbons (Fsp3) is 0.519. The SMILES string of the molecule is CC(=O)NC1(c2noc(CCC(=O)NCCc3ccc(-n4nc(C)cc4C)cc3)n2)CCCCCC1. The van der Waals surface area contributed by atoms with E-state index < -0.39 is 5.54 Å². The number of hydrogen-bond acceptors (Lipinski definition) is 6. The molecule has 1 saturated carbocycles. The monoisotopic (exact) mass is 492 g/mol. The molecule has 2 N–H and O–H groups in total. The number of aryl methyl sites for hydroxylation is 3. The summed E-state index contributed by atoms with van der Waals surface area (Å²) >= 11 is 0. The fourth-order valence-electron chi connectivity index (χ4n) is 4.97. The predicted molar refractivity (Wildman–Crippen MR) is 136 cm³/mol. The average Bonchev–Trinajstić information content (AvgIpc) is 3.38. The number of hydrogen-bond donors (Lipinski definition) is 2. The minimum absolute atomic E-state index is 0.0555. The Labute approximate surface area is 212 Å². The average molecular weight is 493 g/mol. The first-order chi connectivity index (χ1) is 17.3. The normalized spacial score (nSPS) is 15.3. The van der Waals surface area contributed by atoms with Gasteiger partial charge in [0.05, 0.1) is 11.4 Å². The van der Waals surface area contributed by atoms with Crippen LogP contribution in [0.1, 0.15) is 80.5 Å². The van der Waals surface area contributed by atoms with Crippen molar-refractivity contribution >= 4 is 11.8 Å². The van der Waals surface area contributed by atoms with Crippen molar-refractivity contribution in [1.29, 1.82) is 0 Å². The summed E-state index contributed by atoms with van der Waals surface area (Å²) in [6, 6.07) is 10.3. The summed E-state index contributed by atoms with van der Waals surface area (Å²) in [7, 11) is 0. The van der Waals surface area contributed by atoms with Gasteiger partial charge in [-0.15, -0.1) is 0 Å². The Hall–Kier alpha value is -3.49. The third-order valence-electron chi connectivity index (χ3n) is 6.76. The van der Waals surface area contributed by atoms with Gasteiger partial charge in [-0.2, -0.15) is 10.1 Å². The number of nitrogens with zero attached hydrogens (tertiary/aromatic N) is 4. The second kappa shape index (κ2) is 11.5. The van der Waals surface area contributed by atoms with Gasteiger partial charge in [-0.05, 0) is 56.9 Å². The molecule has 3 aromatic rings. The first kappa shape index (κ1) is 25.6. The van der Waals surface area contributed by atoms with E-state index in [2.05, 4.69) is 44.1 Å². The largest absolute Gasteiger partial charge is 0.356 e. The number of aromatic nitrogens is 4. The molecule has 1 aromatic carbocycles. The summed E-state index contributed by atoms with van der Waals surface area (Å²) in [6.45, 7) is 6.10. The lowest BCUT2D eigenvalue weighted by Gasteiger charge is -2.30. The Bertz CT molecular complexity index is 1170. The Kier molecular flexibility index (Phi) is 8.18. The lowest BCUT2D eigenvalue weighted by molar-refractivity contribution is -0.122. The van der Waals surface area contributed by atoms with Gasteiger partial charge < -0.3 is 15.2 Å². The zero-order valence-corrected chi connectivity index (χ0v) is 21.5. The first-order valence-corrected chi connectivity index (χ1v) is 12.9. The van der Waals surface area contributed by atoms with Crippen LogP contribution in [0.2, 0.25) is 0 Å². The van der Waals surface area contributed by atoms with Crippen LogP contribution in [0.15, 0.2) is 34.9 Å². The number of carbonyl (C=O) groups is 2. The molecule has 2 heterocycles. The first-order valence-electron chi connectivity index (χ1n) is 12.9. The molecule has 9 nitrogen and oxygen atoms in total. The summed E-state index contributed by atoms with van der Waals surface area (Å²) in [5.74, 6) is 0.803. The Morgan fingerprint density at radius 1 is 1.06 bits per heavy atom. The van der Waals surface area contributed by atoms with Gasteiger partial charge in [-0.1, -0.05) is 43.0 Å². The van der Waals surface area contributed by atoms with Crippen LogP contribution in [-0.2, 0) is 28.0 Å². The summed E-state index contributed by atoms with van der Waals surface area (Å²) in [5, 5.41) is 14.7. The van der Waals surface area contributed by atoms with Crippen molar-refractivity contribution in [3.05, 3.63) is 59.0 Å². The highest BCUT2D eigenvalue weighted by Crippen LogP contribution is 2.34. The van der Waals surface area contributed by atoms with Crippen LogP contribution in [0, 0.1) is 13.8 Å². The van der Waals surface area contributed by atoms with E-state index in [1.807, 2.05) is 30.7 Å². The number of rotatable bonds is 9. The quantitative estimate of drug-likeness (QED) is 0.439. The maximum atomic E-state index is 12.4. The number of nitrogens with one attached hydrogen (secondary N) is 2. The molecule has 9 heteroatoms. The molecular formula is C27H36N6O3. The second-order valence-corrected chi connectivity index (χ2v) is 9.79. The molecule has 1 aliphatic rings. The topological polar surface area (TPSA) is 115 Å². The molecule has 0 radical (unpaired) electrons. The maximum Gasteiger partial charge on any atom is 0.227 e. The lowest BCUT2D eigenvalue weighted by atomic mass is 9.89. The van der Waals surface area contributed by atoms with Crippen molar-refractivity contribution in [1.82, 2.24) is 30.6 Å². The molecule has 1 aliphatic carbocycles. The molecule has 192 valence electrons. The van der Waals surface area contributed by atoms with Gasteiger partial charge in [0.15, 0.2) is 5.82 Å². The van der Waals surface area contributed by atoms with Crippen molar-refractivity contribution in [3.8, 4) is 5.69 Å². The van der Waals surface area contributed by atoms with Gasteiger partial charge >= 0.3 is 0 Å². The number of benzene rings is 1. The molecule has 0 bridgehead atoms. The summed E-state index contributed by atoms with van der Waals surface area (Å²) < 4.78 is 7.38. The molecular weight excluding hydrogens is 456 g/mol. The van der Waals surface area contributed by atoms with Crippen molar-refractivity contribution in [2.45, 2.75) is 84.1 Å². The van der Waals surface area contributed by atoms with Crippen molar-refractivity contribution in [3.63, 3.8) is 0 Å². The number of amides is 2. The van der Waals surface area contributed by atoms with E-state index in [0.29, 0.717) is 24.7 Å². The van der Waals surface area contributed by atoms with Crippen molar-refractivity contribution in [2.75, 3.05) is 6.54 Å². The Morgan fingerprint density at radius 3 is 2.42 bits per heavy atom. The summed E-state index contributed by atoms with van der Waals surface area (Å²) in [4.78, 5) is 28.8. The van der Waals surface area contributed by atoms with E-state index in [1.165, 1.54) is 6.92 Å². The molecule has 0 spiro atoms. The zero-order chi connectivity index (χ0) is 25.5. The molecule has 36 heavy (non-hydrogen) atoms. The molecule has 0 saturated heterocycles. The highest BCUT2D eigenvalue weighted by molar-refractivity contribution is 5.76. The van der Waals surface area contributed by atoms with Crippen LogP contribution >= 0.6 is 0 Å². The van der Waals surface area contributed by atoms with E-state index in [-0.39, 0.29) is 18.2 Å². The van der Waals surface area contributed by atoms with Gasteiger partial charge in [0.25, 0.3) is 0 Å². The van der Waals surface area contributed by atoms with Crippen LogP contribution in [0.5, 0.6) is 0 Å². The minimum Gasteiger partial charge on any atom is -0.356 e. The van der Waals surface area contributed by atoms with Crippen LogP contribution < -0.4 is 10.6 Å². The zero-order valence-electron chi connectivity index (χ0n) is 21.5. The van der Waals surface area contributed by atoms with E-state index in [0.717, 1.165) is 67.6 Å². The summed E-state index contributed by atoms with van der Waals surface area (Å²) in [6.07, 6.45) is 7.28. The maximum absolute atomic E-state index is 12.4. The highest BCUT2D eigenvalue weighted by Gasteiger charge is 2.38. The standard InChI is InChI=1S/C27H36N6O3/c1-19-18-20(2)33(31-19)23-10-8-22(9-11-23)14-17-28-24(35)12-13-25-29-26(32-36-25)27(30-21(3)34)15-6-4-5-7-16-27/h8-11,18H,4-7,12-17H2,1-3H3,(H,28,35)(H,30,34). The Balaban J connectivity index is 1.25. The van der Waals surface area contributed by atoms with E-state index in [4.69, 9.17) is 4.52 Å². The highest BCUT2D eigenvalue weighted by atomic mass is 16.5. The van der Waals surface area contributed by atoms with Crippen LogP contribution in [0.4, 0.5) is 0 Å². The molecule has 2 aromatic heterocycles. The molecule has 4 rings (SSSR count).